The molecule has 28 heavy (non-hydrogen) atoms. The lowest BCUT2D eigenvalue weighted by atomic mass is 10.1. The van der Waals surface area contributed by atoms with Crippen LogP contribution in [-0.2, 0) is 11.3 Å². The Morgan fingerprint density at radius 2 is 1.61 bits per heavy atom. The van der Waals surface area contributed by atoms with Crippen LogP contribution in [0.3, 0.4) is 0 Å². The lowest BCUT2D eigenvalue weighted by molar-refractivity contribution is -0.140. The third kappa shape index (κ3) is 4.90. The van der Waals surface area contributed by atoms with Crippen LogP contribution in [-0.4, -0.2) is 61.3 Å². The summed E-state index contributed by atoms with van der Waals surface area (Å²) in [5.74, 6) is 0. The van der Waals surface area contributed by atoms with E-state index in [1.54, 1.807) is 0 Å². The molecular formula is C23H28N4O. The fourth-order valence-corrected chi connectivity index (χ4v) is 4.27. The minimum absolute atomic E-state index is 0.309. The van der Waals surface area contributed by atoms with Gasteiger partial charge in [0.15, 0.2) is 0 Å². The summed E-state index contributed by atoms with van der Waals surface area (Å²) in [4.78, 5) is 5.07. The van der Waals surface area contributed by atoms with E-state index in [1.165, 1.54) is 5.56 Å². The fourth-order valence-electron chi connectivity index (χ4n) is 4.27. The van der Waals surface area contributed by atoms with Gasteiger partial charge in [-0.2, -0.15) is 5.26 Å². The average Bonchev–Trinajstić information content (AvgIpc) is 2.71. The van der Waals surface area contributed by atoms with Crippen LogP contribution in [0.1, 0.15) is 17.5 Å². The van der Waals surface area contributed by atoms with Gasteiger partial charge in [-0.25, -0.2) is 0 Å². The maximum Gasteiger partial charge on any atom is 0.101 e. The minimum Gasteiger partial charge on any atom is -0.384 e. The smallest absolute Gasteiger partial charge is 0.101 e. The largest absolute Gasteiger partial charge is 0.384 e. The van der Waals surface area contributed by atoms with Crippen molar-refractivity contribution < 1.29 is 4.74 Å². The van der Waals surface area contributed by atoms with Crippen LogP contribution in [0.4, 0.5) is 5.69 Å². The number of hydrogen-bond acceptors (Lipinski definition) is 5. The van der Waals surface area contributed by atoms with Gasteiger partial charge in [0.25, 0.3) is 0 Å². The molecule has 2 heterocycles. The Morgan fingerprint density at radius 3 is 2.36 bits per heavy atom. The molecule has 0 spiro atoms. The van der Waals surface area contributed by atoms with Crippen molar-refractivity contribution in [1.29, 1.82) is 5.26 Å². The number of nitrogens with zero attached hydrogens (tertiary/aromatic N) is 3. The molecule has 5 heteroatoms. The van der Waals surface area contributed by atoms with Gasteiger partial charge in [-0.15, -0.1) is 0 Å². The molecule has 2 fully saturated rings. The number of fused-ring (bicyclic) bond motifs is 2. The highest BCUT2D eigenvalue weighted by Gasteiger charge is 2.34. The van der Waals surface area contributed by atoms with Crippen LogP contribution in [0, 0.1) is 11.3 Å². The van der Waals surface area contributed by atoms with Gasteiger partial charge in [0.05, 0.1) is 23.5 Å². The summed E-state index contributed by atoms with van der Waals surface area (Å²) in [7, 11) is 0. The Bertz CT molecular complexity index is 790. The summed E-state index contributed by atoms with van der Waals surface area (Å²) < 4.78 is 6.19. The van der Waals surface area contributed by atoms with Crippen LogP contribution in [0.2, 0.25) is 0 Å². The van der Waals surface area contributed by atoms with Crippen LogP contribution in [0.5, 0.6) is 0 Å². The number of nitrogens with one attached hydrogen (secondary N) is 1. The van der Waals surface area contributed by atoms with Gasteiger partial charge in [0.1, 0.15) is 6.07 Å². The summed E-state index contributed by atoms with van der Waals surface area (Å²) in [6.45, 7) is 7.00. The molecule has 2 bridgehead atoms. The lowest BCUT2D eigenvalue weighted by Gasteiger charge is -2.46. The Hall–Kier alpha value is -2.39. The van der Waals surface area contributed by atoms with Gasteiger partial charge in [0, 0.05) is 45.8 Å². The summed E-state index contributed by atoms with van der Waals surface area (Å²) in [5.41, 5.74) is 3.02. The molecule has 146 valence electrons. The van der Waals surface area contributed by atoms with Crippen molar-refractivity contribution in [2.75, 3.05) is 44.6 Å². The second kappa shape index (κ2) is 9.20. The first-order chi connectivity index (χ1) is 13.8. The Balaban J connectivity index is 1.21. The van der Waals surface area contributed by atoms with Gasteiger partial charge in [-0.1, -0.05) is 42.5 Å². The first-order valence-electron chi connectivity index (χ1n) is 10.2. The first kappa shape index (κ1) is 18.9. The van der Waals surface area contributed by atoms with E-state index in [-0.39, 0.29) is 0 Å². The standard InChI is InChI=1S/C23H28N4O/c24-13-20-9-4-5-10-23(20)25-11-6-12-26-15-21-17-27(18-22(16-26)28-21)14-19-7-2-1-3-8-19/h1-5,7-10,21-22,25H,6,11-12,14-18H2. The van der Waals surface area contributed by atoms with E-state index in [2.05, 4.69) is 51.5 Å². The highest BCUT2D eigenvalue weighted by atomic mass is 16.5. The van der Waals surface area contributed by atoms with Crippen LogP contribution in [0.25, 0.3) is 0 Å². The molecule has 0 saturated carbocycles. The molecular weight excluding hydrogens is 348 g/mol. The van der Waals surface area contributed by atoms with E-state index in [0.29, 0.717) is 17.8 Å². The van der Waals surface area contributed by atoms with Crippen LogP contribution < -0.4 is 5.32 Å². The number of ether oxygens (including phenoxy) is 1. The zero-order chi connectivity index (χ0) is 19.2. The zero-order valence-corrected chi connectivity index (χ0v) is 16.3. The first-order valence-corrected chi connectivity index (χ1v) is 10.2. The fraction of sp³-hybridized carbons (Fsp3) is 0.435. The summed E-state index contributed by atoms with van der Waals surface area (Å²) in [6, 6.07) is 20.6. The zero-order valence-electron chi connectivity index (χ0n) is 16.3. The Labute approximate surface area is 167 Å². The molecule has 4 rings (SSSR count). The second-order valence-electron chi connectivity index (χ2n) is 7.76. The third-order valence-electron chi connectivity index (χ3n) is 5.50. The lowest BCUT2D eigenvalue weighted by Crippen LogP contribution is -2.59. The molecule has 2 atom stereocenters. The molecule has 2 aliphatic rings. The van der Waals surface area contributed by atoms with Crippen LogP contribution in [0.15, 0.2) is 54.6 Å². The van der Waals surface area contributed by atoms with E-state index >= 15 is 0 Å². The number of benzene rings is 2. The summed E-state index contributed by atoms with van der Waals surface area (Å²) in [5, 5.41) is 12.6. The number of rotatable bonds is 7. The molecule has 5 nitrogen and oxygen atoms in total. The normalized spacial score (nSPS) is 22.5. The van der Waals surface area contributed by atoms with Crippen molar-refractivity contribution in [3.63, 3.8) is 0 Å². The molecule has 2 aromatic carbocycles. The number of anilines is 1. The average molecular weight is 377 g/mol. The summed E-state index contributed by atoms with van der Waals surface area (Å²) in [6.07, 6.45) is 1.68. The molecule has 2 saturated heterocycles. The molecule has 0 aromatic heterocycles. The number of nitriles is 1. The second-order valence-corrected chi connectivity index (χ2v) is 7.76. The van der Waals surface area contributed by atoms with Crippen molar-refractivity contribution in [1.82, 2.24) is 9.80 Å². The van der Waals surface area contributed by atoms with E-state index in [0.717, 1.165) is 57.9 Å². The van der Waals surface area contributed by atoms with Gasteiger partial charge in [-0.05, 0) is 24.1 Å². The number of morpholine rings is 2. The van der Waals surface area contributed by atoms with Crippen molar-refractivity contribution in [2.45, 2.75) is 25.2 Å². The predicted molar refractivity (Wildman–Crippen MR) is 111 cm³/mol. The highest BCUT2D eigenvalue weighted by molar-refractivity contribution is 5.56. The molecule has 0 amide bonds. The molecule has 2 unspecified atom stereocenters. The molecule has 1 N–H and O–H groups in total. The van der Waals surface area contributed by atoms with Crippen molar-refractivity contribution in [2.24, 2.45) is 0 Å². The van der Waals surface area contributed by atoms with E-state index in [9.17, 15) is 0 Å². The maximum absolute atomic E-state index is 9.17. The van der Waals surface area contributed by atoms with Gasteiger partial charge in [0.2, 0.25) is 0 Å². The van der Waals surface area contributed by atoms with E-state index in [1.807, 2.05) is 24.3 Å². The summed E-state index contributed by atoms with van der Waals surface area (Å²) >= 11 is 0. The monoisotopic (exact) mass is 376 g/mol. The van der Waals surface area contributed by atoms with Crippen molar-refractivity contribution in [3.8, 4) is 6.07 Å². The molecule has 2 aromatic rings. The van der Waals surface area contributed by atoms with Gasteiger partial charge >= 0.3 is 0 Å². The van der Waals surface area contributed by atoms with Crippen LogP contribution >= 0.6 is 0 Å². The topological polar surface area (TPSA) is 51.5 Å². The predicted octanol–water partition coefficient (Wildman–Crippen LogP) is 2.95. The highest BCUT2D eigenvalue weighted by Crippen LogP contribution is 2.21. The molecule has 0 radical (unpaired) electrons. The minimum atomic E-state index is 0.309. The Morgan fingerprint density at radius 1 is 0.929 bits per heavy atom. The maximum atomic E-state index is 9.17. The van der Waals surface area contributed by atoms with E-state index in [4.69, 9.17) is 10.00 Å². The van der Waals surface area contributed by atoms with Crippen molar-refractivity contribution in [3.05, 3.63) is 65.7 Å². The van der Waals surface area contributed by atoms with E-state index < -0.39 is 0 Å². The third-order valence-corrected chi connectivity index (χ3v) is 5.50. The molecule has 2 aliphatic heterocycles. The Kier molecular flexibility index (Phi) is 6.23. The quantitative estimate of drug-likeness (QED) is 0.753. The van der Waals surface area contributed by atoms with Gasteiger partial charge in [-0.3, -0.25) is 9.80 Å². The number of hydrogen-bond donors (Lipinski definition) is 1. The molecule has 0 aliphatic carbocycles. The van der Waals surface area contributed by atoms with Gasteiger partial charge < -0.3 is 10.1 Å². The van der Waals surface area contributed by atoms with Crippen molar-refractivity contribution >= 4 is 5.69 Å². The SMILES string of the molecule is N#Cc1ccccc1NCCCN1CC2CN(Cc3ccccc3)CC(C1)O2. The number of para-hydroxylation sites is 1.